The Bertz CT molecular complexity index is 1390. The van der Waals surface area contributed by atoms with Gasteiger partial charge in [0, 0.05) is 0 Å². The Kier molecular flexibility index (Phi) is 5.51. The van der Waals surface area contributed by atoms with Crippen LogP contribution in [0.3, 0.4) is 0 Å². The molecule has 2 unspecified atom stereocenters. The molecule has 2 amide bonds. The molecule has 192 valence electrons. The predicted octanol–water partition coefficient (Wildman–Crippen LogP) is 6.59. The summed E-state index contributed by atoms with van der Waals surface area (Å²) in [5.74, 6) is -2.27. The molecule has 1 heterocycles. The number of carbonyl (C=O) groups excluding carboxylic acids is 3. The predicted molar refractivity (Wildman–Crippen MR) is 151 cm³/mol. The van der Waals surface area contributed by atoms with E-state index in [9.17, 15) is 14.4 Å². The van der Waals surface area contributed by atoms with E-state index in [-0.39, 0.29) is 17.9 Å². The molecular weight excluding hydrogens is 610 g/mol. The average Bonchev–Trinajstić information content (AvgIpc) is 3.23. The van der Waals surface area contributed by atoms with Crippen LogP contribution in [0.25, 0.3) is 0 Å². The molecule has 0 radical (unpaired) electrons. The van der Waals surface area contributed by atoms with Crippen molar-refractivity contribution in [3.8, 4) is 0 Å². The number of ether oxygens (including phenoxy) is 1. The van der Waals surface area contributed by atoms with Gasteiger partial charge in [0.05, 0.1) is 31.7 Å². The minimum absolute atomic E-state index is 0.0769. The fourth-order valence-corrected chi connectivity index (χ4v) is 9.40. The zero-order chi connectivity index (χ0) is 26.2. The van der Waals surface area contributed by atoms with Gasteiger partial charge in [-0.1, -0.05) is 92.9 Å². The maximum atomic E-state index is 14.2. The third-order valence-corrected chi connectivity index (χ3v) is 11.4. The molecule has 38 heavy (non-hydrogen) atoms. The molecule has 0 N–H and O–H groups in total. The maximum Gasteiger partial charge on any atom is 0.338 e. The number of rotatable bonds is 3. The van der Waals surface area contributed by atoms with Crippen molar-refractivity contribution in [2.24, 2.45) is 11.8 Å². The van der Waals surface area contributed by atoms with Crippen LogP contribution in [0.5, 0.6) is 0 Å². The first-order chi connectivity index (χ1) is 18.4. The Balaban J connectivity index is 1.31. The van der Waals surface area contributed by atoms with Crippen molar-refractivity contribution in [1.29, 1.82) is 0 Å². The van der Waals surface area contributed by atoms with E-state index >= 15 is 0 Å². The lowest BCUT2D eigenvalue weighted by molar-refractivity contribution is -0.122. The van der Waals surface area contributed by atoms with Gasteiger partial charge in [0.25, 0.3) is 0 Å². The Labute approximate surface area is 237 Å². The van der Waals surface area contributed by atoms with Crippen LogP contribution in [0, 0.1) is 11.8 Å². The van der Waals surface area contributed by atoms with Crippen LogP contribution in [-0.2, 0) is 23.0 Å². The first kappa shape index (κ1) is 24.3. The summed E-state index contributed by atoms with van der Waals surface area (Å²) in [6, 6.07) is 22.7. The van der Waals surface area contributed by atoms with Crippen LogP contribution in [-0.4, -0.2) is 23.9 Å². The summed E-state index contributed by atoms with van der Waals surface area (Å²) in [4.78, 5) is 42.7. The summed E-state index contributed by atoms with van der Waals surface area (Å²) >= 11 is 8.06. The molecule has 8 rings (SSSR count). The minimum atomic E-state index is -0.848. The molecule has 2 bridgehead atoms. The largest absolute Gasteiger partial charge is 0.459 e. The van der Waals surface area contributed by atoms with Gasteiger partial charge >= 0.3 is 5.97 Å². The lowest BCUT2D eigenvalue weighted by Gasteiger charge is -2.55. The van der Waals surface area contributed by atoms with Gasteiger partial charge in [-0.3, -0.25) is 9.59 Å². The third-order valence-electron chi connectivity index (χ3n) is 8.75. The summed E-state index contributed by atoms with van der Waals surface area (Å²) < 4.78 is 4.07. The topological polar surface area (TPSA) is 63.7 Å². The van der Waals surface area contributed by atoms with Crippen LogP contribution >= 0.6 is 31.9 Å². The highest BCUT2D eigenvalue weighted by Gasteiger charge is 2.72. The zero-order valence-electron chi connectivity index (χ0n) is 20.5. The van der Waals surface area contributed by atoms with Crippen LogP contribution in [0.15, 0.2) is 72.8 Å². The molecule has 5 aliphatic rings. The van der Waals surface area contributed by atoms with Crippen molar-refractivity contribution in [1.82, 2.24) is 0 Å². The van der Waals surface area contributed by atoms with Crippen molar-refractivity contribution >= 4 is 55.3 Å². The maximum absolute atomic E-state index is 14.2. The number of anilines is 1. The van der Waals surface area contributed by atoms with Crippen molar-refractivity contribution in [2.75, 3.05) is 4.90 Å². The molecule has 0 aromatic heterocycles. The lowest BCUT2D eigenvalue weighted by atomic mass is 9.54. The van der Waals surface area contributed by atoms with E-state index in [1.165, 1.54) is 11.3 Å². The summed E-state index contributed by atoms with van der Waals surface area (Å²) in [6.07, 6.45) is 4.96. The van der Waals surface area contributed by atoms with E-state index in [1.54, 1.807) is 24.3 Å². The normalized spacial score (nSPS) is 29.6. The molecule has 1 saturated carbocycles. The third kappa shape index (κ3) is 3.12. The number of alkyl halides is 2. The van der Waals surface area contributed by atoms with Crippen LogP contribution < -0.4 is 4.90 Å². The van der Waals surface area contributed by atoms with E-state index < -0.39 is 26.5 Å². The Morgan fingerprint density at radius 2 is 1.24 bits per heavy atom. The van der Waals surface area contributed by atoms with Crippen molar-refractivity contribution in [3.63, 3.8) is 0 Å². The molecule has 1 saturated heterocycles. The van der Waals surface area contributed by atoms with Gasteiger partial charge in [-0.05, 0) is 66.1 Å². The molecular formula is C31H25Br2NO4. The molecule has 4 aliphatic carbocycles. The van der Waals surface area contributed by atoms with E-state index in [2.05, 4.69) is 31.9 Å². The number of halogens is 2. The van der Waals surface area contributed by atoms with E-state index in [0.717, 1.165) is 47.9 Å². The smallest absolute Gasteiger partial charge is 0.338 e. The van der Waals surface area contributed by atoms with Gasteiger partial charge in [-0.15, -0.1) is 0 Å². The van der Waals surface area contributed by atoms with Crippen molar-refractivity contribution in [3.05, 3.63) is 101 Å². The average molecular weight is 635 g/mol. The minimum Gasteiger partial charge on any atom is -0.459 e. The van der Waals surface area contributed by atoms with Crippen LogP contribution in [0.2, 0.25) is 0 Å². The Morgan fingerprint density at radius 3 is 1.74 bits per heavy atom. The fraction of sp³-hybridized carbons (Fsp3) is 0.323. The highest BCUT2D eigenvalue weighted by atomic mass is 79.9. The SMILES string of the molecule is O=C(OC1CCCCC1)c1cccc(N2C(=O)C3C(C2=O)C2(Br)c4ccccc4C3(Br)c3ccccc32)c1. The van der Waals surface area contributed by atoms with E-state index in [4.69, 9.17) is 4.74 Å². The van der Waals surface area contributed by atoms with Crippen molar-refractivity contribution < 1.29 is 19.1 Å². The fourth-order valence-electron chi connectivity index (χ4n) is 7.10. The molecule has 2 fully saturated rings. The molecule has 5 nitrogen and oxygen atoms in total. The summed E-state index contributed by atoms with van der Waals surface area (Å²) in [6.45, 7) is 0. The van der Waals surface area contributed by atoms with Crippen LogP contribution in [0.4, 0.5) is 5.69 Å². The number of imide groups is 1. The monoisotopic (exact) mass is 633 g/mol. The van der Waals surface area contributed by atoms with Gasteiger partial charge in [0.2, 0.25) is 11.8 Å². The second-order valence-corrected chi connectivity index (χ2v) is 13.2. The quantitative estimate of drug-likeness (QED) is 0.185. The lowest BCUT2D eigenvalue weighted by Crippen LogP contribution is -2.56. The number of benzene rings is 3. The summed E-state index contributed by atoms with van der Waals surface area (Å²) in [5, 5.41) is 0. The first-order valence-corrected chi connectivity index (χ1v) is 14.7. The molecule has 7 heteroatoms. The number of esters is 1. The molecule has 0 spiro atoms. The van der Waals surface area contributed by atoms with Gasteiger partial charge in [0.1, 0.15) is 6.10 Å². The highest BCUT2D eigenvalue weighted by molar-refractivity contribution is 9.10. The van der Waals surface area contributed by atoms with Crippen molar-refractivity contribution in [2.45, 2.75) is 46.9 Å². The number of nitrogens with zero attached hydrogens (tertiary/aromatic N) is 1. The molecule has 1 aliphatic heterocycles. The van der Waals surface area contributed by atoms with Gasteiger partial charge in [0.15, 0.2) is 0 Å². The van der Waals surface area contributed by atoms with E-state index in [1.807, 2.05) is 48.5 Å². The Hall–Kier alpha value is -2.77. The second-order valence-electron chi connectivity index (χ2n) is 10.7. The second kappa shape index (κ2) is 8.62. The van der Waals surface area contributed by atoms with E-state index in [0.29, 0.717) is 11.3 Å². The highest BCUT2D eigenvalue weighted by Crippen LogP contribution is 2.70. The molecule has 3 aromatic carbocycles. The number of carbonyl (C=O) groups is 3. The Morgan fingerprint density at radius 1 is 0.737 bits per heavy atom. The molecule has 3 aromatic rings. The number of hydrogen-bond donors (Lipinski definition) is 0. The van der Waals surface area contributed by atoms with Gasteiger partial charge < -0.3 is 4.74 Å². The summed E-state index contributed by atoms with van der Waals surface area (Å²) in [7, 11) is 0. The number of hydrogen-bond acceptors (Lipinski definition) is 4. The summed E-state index contributed by atoms with van der Waals surface area (Å²) in [5.41, 5.74) is 4.70. The zero-order valence-corrected chi connectivity index (χ0v) is 23.7. The first-order valence-electron chi connectivity index (χ1n) is 13.1. The van der Waals surface area contributed by atoms with Gasteiger partial charge in [-0.25, -0.2) is 9.69 Å². The number of amides is 2. The molecule has 2 atom stereocenters. The van der Waals surface area contributed by atoms with Crippen LogP contribution in [0.1, 0.15) is 64.7 Å². The standard InChI is InChI=1S/C31H25Br2NO4/c32-30-21-13-4-5-14-22(21)31(33,24-16-7-6-15-23(24)30)26-25(30)27(35)34(28(26)36)19-10-8-9-18(17-19)29(37)38-20-11-2-1-3-12-20/h4-10,13-17,20,25-26H,1-3,11-12H2. The van der Waals surface area contributed by atoms with Gasteiger partial charge in [-0.2, -0.15) is 0 Å².